The average molecular weight is 605 g/mol. The minimum absolute atomic E-state index is 0.986. The number of nitrogens with zero attached hydrogens (tertiary/aromatic N) is 2. The second-order valence-corrected chi connectivity index (χ2v) is 12.2. The third kappa shape index (κ3) is 5.98. The maximum Gasteiger partial charge on any atom is 0.0788 e. The fraction of sp³-hybridized carbons (Fsp3) is 0.0889. The molecule has 0 radical (unpaired) electrons. The maximum atomic E-state index is 5.19. The lowest BCUT2D eigenvalue weighted by Gasteiger charge is -2.30. The van der Waals surface area contributed by atoms with Gasteiger partial charge in [0.1, 0.15) is 0 Å². The summed E-state index contributed by atoms with van der Waals surface area (Å²) in [6.45, 7) is 0. The van der Waals surface area contributed by atoms with Gasteiger partial charge in [0.15, 0.2) is 0 Å². The molecular weight excluding hydrogens is 569 g/mol. The molecule has 0 atom stereocenters. The van der Waals surface area contributed by atoms with Crippen molar-refractivity contribution in [2.24, 2.45) is 0 Å². The van der Waals surface area contributed by atoms with Gasteiger partial charge in [-0.05, 0) is 96.0 Å². The van der Waals surface area contributed by atoms with Crippen molar-refractivity contribution in [3.05, 3.63) is 187 Å². The van der Waals surface area contributed by atoms with Crippen molar-refractivity contribution in [2.75, 3.05) is 4.90 Å². The van der Waals surface area contributed by atoms with Crippen LogP contribution in [-0.2, 0) is 0 Å². The van der Waals surface area contributed by atoms with Crippen LogP contribution >= 0.6 is 0 Å². The minimum Gasteiger partial charge on any atom is -0.314 e. The molecule has 5 aromatic carbocycles. The van der Waals surface area contributed by atoms with E-state index in [-0.39, 0.29) is 0 Å². The summed E-state index contributed by atoms with van der Waals surface area (Å²) < 4.78 is 0. The molecule has 1 heterocycles. The van der Waals surface area contributed by atoms with Crippen molar-refractivity contribution in [3.63, 3.8) is 0 Å². The predicted molar refractivity (Wildman–Crippen MR) is 198 cm³/mol. The van der Waals surface area contributed by atoms with Crippen molar-refractivity contribution < 1.29 is 0 Å². The van der Waals surface area contributed by atoms with E-state index in [0.29, 0.717) is 0 Å². The van der Waals surface area contributed by atoms with E-state index < -0.39 is 0 Å². The van der Waals surface area contributed by atoms with Crippen LogP contribution in [0, 0.1) is 0 Å². The molecule has 0 saturated carbocycles. The van der Waals surface area contributed by atoms with Gasteiger partial charge in [-0.2, -0.15) is 0 Å². The van der Waals surface area contributed by atoms with E-state index in [1.165, 1.54) is 33.5 Å². The fourth-order valence-electron chi connectivity index (χ4n) is 6.81. The normalized spacial score (nSPS) is 14.3. The first kappa shape index (κ1) is 28.7. The van der Waals surface area contributed by atoms with Crippen LogP contribution in [-0.4, -0.2) is 4.98 Å². The first-order chi connectivity index (χ1) is 23.3. The van der Waals surface area contributed by atoms with E-state index in [1.54, 1.807) is 0 Å². The van der Waals surface area contributed by atoms with Crippen LogP contribution in [0.5, 0.6) is 0 Å². The Morgan fingerprint density at radius 2 is 1.11 bits per heavy atom. The van der Waals surface area contributed by atoms with Gasteiger partial charge in [0, 0.05) is 33.6 Å². The Balaban J connectivity index is 1.19. The summed E-state index contributed by atoms with van der Waals surface area (Å²) in [4.78, 5) is 7.62. The number of rotatable bonds is 7. The van der Waals surface area contributed by atoms with Crippen LogP contribution in [0.2, 0.25) is 0 Å². The minimum atomic E-state index is 0.986. The zero-order chi connectivity index (χ0) is 31.4. The maximum absolute atomic E-state index is 5.19. The van der Waals surface area contributed by atoms with Gasteiger partial charge in [0.25, 0.3) is 0 Å². The Morgan fingerprint density at radius 1 is 0.489 bits per heavy atom. The summed E-state index contributed by atoms with van der Waals surface area (Å²) >= 11 is 0. The van der Waals surface area contributed by atoms with Gasteiger partial charge in [-0.25, -0.2) is 4.98 Å². The number of benzene rings is 5. The highest BCUT2D eigenvalue weighted by Crippen LogP contribution is 2.39. The largest absolute Gasteiger partial charge is 0.314 e. The Morgan fingerprint density at radius 3 is 1.77 bits per heavy atom. The molecule has 8 rings (SSSR count). The van der Waals surface area contributed by atoms with Gasteiger partial charge in [-0.3, -0.25) is 0 Å². The summed E-state index contributed by atoms with van der Waals surface area (Å²) in [6.07, 6.45) is 15.7. The summed E-state index contributed by atoms with van der Waals surface area (Å²) in [5.74, 6) is 0. The standard InChI is InChI=1S/C45H36N2/c1-4-12-33(13-5-1)35-20-26-40(27-21-35)47(41-28-22-36(23-29-41)34-14-6-2-7-15-34)42-30-24-38(25-31-42)45-43(37-16-8-3-9-17-37)32-39-18-10-11-19-44(39)46-45/h1-6,8-14,16-22,24-28,30-32H,7,15,23,29H2. The molecule has 0 N–H and O–H groups in total. The Bertz CT molecular complexity index is 2150. The lowest BCUT2D eigenvalue weighted by Crippen LogP contribution is -2.18. The molecule has 0 saturated heterocycles. The van der Waals surface area contributed by atoms with Crippen molar-refractivity contribution in [1.29, 1.82) is 0 Å². The van der Waals surface area contributed by atoms with Crippen LogP contribution in [0.25, 0.3) is 44.4 Å². The topological polar surface area (TPSA) is 16.1 Å². The smallest absolute Gasteiger partial charge is 0.0788 e. The number of pyridine rings is 1. The number of allylic oxidation sites excluding steroid dienone is 8. The number of fused-ring (bicyclic) bond motifs is 1. The molecule has 2 aliphatic rings. The number of anilines is 2. The van der Waals surface area contributed by atoms with Gasteiger partial charge in [-0.1, -0.05) is 127 Å². The fourth-order valence-corrected chi connectivity index (χ4v) is 6.81. The van der Waals surface area contributed by atoms with Gasteiger partial charge in [0.2, 0.25) is 0 Å². The second-order valence-electron chi connectivity index (χ2n) is 12.2. The Labute approximate surface area is 277 Å². The number of aromatic nitrogens is 1. The van der Waals surface area contributed by atoms with Crippen molar-refractivity contribution in [1.82, 2.24) is 4.98 Å². The van der Waals surface area contributed by atoms with E-state index in [9.17, 15) is 0 Å². The number of hydrogen-bond acceptors (Lipinski definition) is 2. The third-order valence-electron chi connectivity index (χ3n) is 9.28. The summed E-state index contributed by atoms with van der Waals surface area (Å²) in [5.41, 5.74) is 14.4. The van der Waals surface area contributed by atoms with E-state index in [4.69, 9.17) is 4.98 Å². The average Bonchev–Trinajstić information content (AvgIpc) is 3.16. The molecule has 1 aromatic heterocycles. The first-order valence-electron chi connectivity index (χ1n) is 16.6. The Kier molecular flexibility index (Phi) is 7.91. The molecule has 2 aliphatic carbocycles. The quantitative estimate of drug-likeness (QED) is 0.180. The molecule has 47 heavy (non-hydrogen) atoms. The molecule has 226 valence electrons. The molecular formula is C45H36N2. The van der Waals surface area contributed by atoms with Gasteiger partial charge >= 0.3 is 0 Å². The molecule has 0 fully saturated rings. The van der Waals surface area contributed by atoms with Crippen LogP contribution in [0.4, 0.5) is 11.4 Å². The van der Waals surface area contributed by atoms with Crippen LogP contribution in [0.15, 0.2) is 187 Å². The first-order valence-corrected chi connectivity index (χ1v) is 16.6. The zero-order valence-electron chi connectivity index (χ0n) is 26.4. The third-order valence-corrected chi connectivity index (χ3v) is 9.28. The predicted octanol–water partition coefficient (Wildman–Crippen LogP) is 12.3. The molecule has 2 nitrogen and oxygen atoms in total. The highest BCUT2D eigenvalue weighted by atomic mass is 15.1. The summed E-state index contributed by atoms with van der Waals surface area (Å²) in [7, 11) is 0. The highest BCUT2D eigenvalue weighted by molar-refractivity contribution is 5.92. The molecule has 6 aromatic rings. The van der Waals surface area contributed by atoms with Gasteiger partial charge < -0.3 is 4.90 Å². The zero-order valence-corrected chi connectivity index (χ0v) is 26.4. The second kappa shape index (κ2) is 12.9. The molecule has 2 heteroatoms. The lowest BCUT2D eigenvalue weighted by atomic mass is 9.90. The number of para-hydroxylation sites is 1. The summed E-state index contributed by atoms with van der Waals surface area (Å²) in [5, 5.41) is 1.15. The van der Waals surface area contributed by atoms with Gasteiger partial charge in [0.05, 0.1) is 11.2 Å². The monoisotopic (exact) mass is 604 g/mol. The van der Waals surface area contributed by atoms with Crippen molar-refractivity contribution in [2.45, 2.75) is 25.7 Å². The molecule has 0 amide bonds. The lowest BCUT2D eigenvalue weighted by molar-refractivity contribution is 0.851. The van der Waals surface area contributed by atoms with Crippen LogP contribution < -0.4 is 4.90 Å². The van der Waals surface area contributed by atoms with Crippen LogP contribution in [0.3, 0.4) is 0 Å². The SMILES string of the molecule is C1=CCCC(C2=CC=C(N(c3ccc(-c4ccccc4)cc3)c3ccc(-c4nc5ccccc5cc4-c4ccccc4)cc3)CC2)=C1. The molecule has 0 spiro atoms. The highest BCUT2D eigenvalue weighted by Gasteiger charge is 2.20. The molecule has 0 unspecified atom stereocenters. The van der Waals surface area contributed by atoms with Crippen molar-refractivity contribution in [3.8, 4) is 33.5 Å². The molecule has 0 aliphatic heterocycles. The van der Waals surface area contributed by atoms with Crippen molar-refractivity contribution >= 4 is 22.3 Å². The summed E-state index contributed by atoms with van der Waals surface area (Å²) in [6, 6.07) is 49.8. The van der Waals surface area contributed by atoms with E-state index in [2.05, 4.69) is 175 Å². The molecule has 0 bridgehead atoms. The van der Waals surface area contributed by atoms with E-state index in [0.717, 1.165) is 64.8 Å². The van der Waals surface area contributed by atoms with Gasteiger partial charge in [-0.15, -0.1) is 0 Å². The van der Waals surface area contributed by atoms with E-state index >= 15 is 0 Å². The van der Waals surface area contributed by atoms with E-state index in [1.807, 2.05) is 0 Å². The Hall–Kier alpha value is -5.73. The van der Waals surface area contributed by atoms with Crippen LogP contribution in [0.1, 0.15) is 25.7 Å². The number of hydrogen-bond donors (Lipinski definition) is 0.